The fourth-order valence-corrected chi connectivity index (χ4v) is 3.83. The smallest absolute Gasteiger partial charge is 0.224 e. The normalized spacial score (nSPS) is 27.0. The first-order chi connectivity index (χ1) is 10.8. The second-order valence-electron chi connectivity index (χ2n) is 6.62. The van der Waals surface area contributed by atoms with Crippen LogP contribution in [0.1, 0.15) is 43.7 Å². The standard InChI is InChI=1S/C18H27N3O/c19-16-10-6-9-15(16)18(22)20-13-17(21-11-4-5-12-21)14-7-2-1-3-8-14/h1-3,7-8,15-17H,4-6,9-13,19H2,(H,20,22). The molecule has 4 heteroatoms. The molecule has 1 heterocycles. The van der Waals surface area contributed by atoms with Crippen molar-refractivity contribution >= 4 is 5.91 Å². The molecule has 0 bridgehead atoms. The second-order valence-corrected chi connectivity index (χ2v) is 6.62. The van der Waals surface area contributed by atoms with Crippen molar-refractivity contribution in [1.82, 2.24) is 10.2 Å². The molecule has 3 N–H and O–H groups in total. The molecule has 22 heavy (non-hydrogen) atoms. The van der Waals surface area contributed by atoms with Crippen LogP contribution in [0, 0.1) is 5.92 Å². The summed E-state index contributed by atoms with van der Waals surface area (Å²) in [5.74, 6) is 0.153. The summed E-state index contributed by atoms with van der Waals surface area (Å²) in [6.07, 6.45) is 5.50. The summed E-state index contributed by atoms with van der Waals surface area (Å²) in [5, 5.41) is 3.17. The zero-order valence-electron chi connectivity index (χ0n) is 13.2. The molecule has 2 fully saturated rings. The highest BCUT2D eigenvalue weighted by Gasteiger charge is 2.31. The molecule has 1 aromatic rings. The van der Waals surface area contributed by atoms with Crippen molar-refractivity contribution in [2.75, 3.05) is 19.6 Å². The second kappa shape index (κ2) is 7.25. The number of rotatable bonds is 5. The van der Waals surface area contributed by atoms with Crippen LogP contribution >= 0.6 is 0 Å². The number of nitrogens with two attached hydrogens (primary N) is 1. The molecule has 0 spiro atoms. The van der Waals surface area contributed by atoms with Crippen LogP contribution in [-0.4, -0.2) is 36.5 Å². The molecule has 1 aliphatic heterocycles. The van der Waals surface area contributed by atoms with Crippen molar-refractivity contribution in [3.05, 3.63) is 35.9 Å². The molecule has 3 atom stereocenters. The Balaban J connectivity index is 1.64. The first-order valence-electron chi connectivity index (χ1n) is 8.58. The van der Waals surface area contributed by atoms with Crippen molar-refractivity contribution in [3.8, 4) is 0 Å². The molecule has 0 aromatic heterocycles. The third kappa shape index (κ3) is 3.50. The van der Waals surface area contributed by atoms with E-state index in [4.69, 9.17) is 5.73 Å². The maximum atomic E-state index is 12.4. The quantitative estimate of drug-likeness (QED) is 0.875. The number of benzene rings is 1. The summed E-state index contributed by atoms with van der Waals surface area (Å²) in [4.78, 5) is 14.9. The molecule has 2 aliphatic rings. The van der Waals surface area contributed by atoms with Crippen molar-refractivity contribution < 1.29 is 4.79 Å². The van der Waals surface area contributed by atoms with E-state index >= 15 is 0 Å². The molecule has 1 aromatic carbocycles. The largest absolute Gasteiger partial charge is 0.354 e. The third-order valence-corrected chi connectivity index (χ3v) is 5.14. The van der Waals surface area contributed by atoms with Gasteiger partial charge in [0.15, 0.2) is 0 Å². The highest BCUT2D eigenvalue weighted by atomic mass is 16.1. The van der Waals surface area contributed by atoms with Crippen LogP contribution in [-0.2, 0) is 4.79 Å². The maximum Gasteiger partial charge on any atom is 0.224 e. The zero-order chi connectivity index (χ0) is 15.4. The number of nitrogens with zero attached hydrogens (tertiary/aromatic N) is 1. The molecule has 120 valence electrons. The van der Waals surface area contributed by atoms with Gasteiger partial charge in [0.1, 0.15) is 0 Å². The van der Waals surface area contributed by atoms with Gasteiger partial charge in [0, 0.05) is 12.6 Å². The number of likely N-dealkylation sites (tertiary alicyclic amines) is 1. The summed E-state index contributed by atoms with van der Waals surface area (Å²) < 4.78 is 0. The number of hydrogen-bond donors (Lipinski definition) is 2. The number of hydrogen-bond acceptors (Lipinski definition) is 3. The van der Waals surface area contributed by atoms with Crippen LogP contribution in [0.2, 0.25) is 0 Å². The number of carbonyl (C=O) groups is 1. The van der Waals surface area contributed by atoms with Crippen LogP contribution in [0.4, 0.5) is 0 Å². The first kappa shape index (κ1) is 15.5. The number of nitrogens with one attached hydrogen (secondary N) is 1. The summed E-state index contributed by atoms with van der Waals surface area (Å²) in [7, 11) is 0. The summed E-state index contributed by atoms with van der Waals surface area (Å²) >= 11 is 0. The predicted octanol–water partition coefficient (Wildman–Crippen LogP) is 2.07. The van der Waals surface area contributed by atoms with E-state index in [-0.39, 0.29) is 23.9 Å². The molecular formula is C18H27N3O. The Bertz CT molecular complexity index is 484. The summed E-state index contributed by atoms with van der Waals surface area (Å²) in [6, 6.07) is 10.8. The number of carbonyl (C=O) groups excluding carboxylic acids is 1. The Hall–Kier alpha value is -1.39. The van der Waals surface area contributed by atoms with Crippen molar-refractivity contribution in [3.63, 3.8) is 0 Å². The highest BCUT2D eigenvalue weighted by molar-refractivity contribution is 5.79. The number of amides is 1. The Kier molecular flexibility index (Phi) is 5.11. The Labute approximate surface area is 133 Å². The van der Waals surface area contributed by atoms with Gasteiger partial charge in [0.25, 0.3) is 0 Å². The Morgan fingerprint density at radius 1 is 1.18 bits per heavy atom. The maximum absolute atomic E-state index is 12.4. The Morgan fingerprint density at radius 2 is 1.91 bits per heavy atom. The van der Waals surface area contributed by atoms with Gasteiger partial charge < -0.3 is 11.1 Å². The van der Waals surface area contributed by atoms with Crippen LogP contribution in [0.5, 0.6) is 0 Å². The molecule has 1 saturated heterocycles. The van der Waals surface area contributed by atoms with E-state index in [1.54, 1.807) is 0 Å². The van der Waals surface area contributed by atoms with Crippen molar-refractivity contribution in [2.24, 2.45) is 11.7 Å². The van der Waals surface area contributed by atoms with Gasteiger partial charge >= 0.3 is 0 Å². The highest BCUT2D eigenvalue weighted by Crippen LogP contribution is 2.26. The molecule has 3 rings (SSSR count). The van der Waals surface area contributed by atoms with Crippen molar-refractivity contribution in [2.45, 2.75) is 44.2 Å². The lowest BCUT2D eigenvalue weighted by Crippen LogP contribution is -2.42. The van der Waals surface area contributed by atoms with E-state index in [1.165, 1.54) is 18.4 Å². The average Bonchev–Trinajstić information content (AvgIpc) is 3.20. The SMILES string of the molecule is NC1CCCC1C(=O)NCC(c1ccccc1)N1CCCC1. The topological polar surface area (TPSA) is 58.4 Å². The molecule has 1 amide bonds. The van der Waals surface area contributed by atoms with E-state index < -0.39 is 0 Å². The molecule has 3 unspecified atom stereocenters. The molecule has 4 nitrogen and oxygen atoms in total. The van der Waals surface area contributed by atoms with E-state index in [1.807, 2.05) is 6.07 Å². The molecular weight excluding hydrogens is 274 g/mol. The van der Waals surface area contributed by atoms with Gasteiger partial charge in [-0.25, -0.2) is 0 Å². The molecule has 1 aliphatic carbocycles. The van der Waals surface area contributed by atoms with Gasteiger partial charge in [0.05, 0.1) is 12.0 Å². The minimum absolute atomic E-state index is 0.00926. The monoisotopic (exact) mass is 301 g/mol. The Morgan fingerprint density at radius 3 is 2.55 bits per heavy atom. The van der Waals surface area contributed by atoms with Gasteiger partial charge in [0.2, 0.25) is 5.91 Å². The fourth-order valence-electron chi connectivity index (χ4n) is 3.83. The van der Waals surface area contributed by atoms with Gasteiger partial charge in [-0.05, 0) is 44.3 Å². The van der Waals surface area contributed by atoms with Gasteiger partial charge in [-0.3, -0.25) is 9.69 Å². The minimum Gasteiger partial charge on any atom is -0.354 e. The van der Waals surface area contributed by atoms with E-state index in [0.717, 1.165) is 32.4 Å². The zero-order valence-corrected chi connectivity index (χ0v) is 13.2. The van der Waals surface area contributed by atoms with Gasteiger partial charge in [-0.2, -0.15) is 0 Å². The van der Waals surface area contributed by atoms with Crippen LogP contribution < -0.4 is 11.1 Å². The lowest BCUT2D eigenvalue weighted by atomic mass is 10.0. The van der Waals surface area contributed by atoms with Crippen LogP contribution in [0.3, 0.4) is 0 Å². The average molecular weight is 301 g/mol. The van der Waals surface area contributed by atoms with Gasteiger partial charge in [-0.1, -0.05) is 36.8 Å². The molecule has 1 saturated carbocycles. The lowest BCUT2D eigenvalue weighted by Gasteiger charge is -2.29. The lowest BCUT2D eigenvalue weighted by molar-refractivity contribution is -0.125. The van der Waals surface area contributed by atoms with E-state index in [0.29, 0.717) is 6.54 Å². The minimum atomic E-state index is 0.00926. The van der Waals surface area contributed by atoms with E-state index in [9.17, 15) is 4.79 Å². The van der Waals surface area contributed by atoms with E-state index in [2.05, 4.69) is 34.5 Å². The first-order valence-corrected chi connectivity index (χ1v) is 8.58. The predicted molar refractivity (Wildman–Crippen MR) is 88.3 cm³/mol. The van der Waals surface area contributed by atoms with Crippen LogP contribution in [0.25, 0.3) is 0 Å². The van der Waals surface area contributed by atoms with Crippen LogP contribution in [0.15, 0.2) is 30.3 Å². The summed E-state index contributed by atoms with van der Waals surface area (Å²) in [5.41, 5.74) is 7.34. The molecule has 0 radical (unpaired) electrons. The third-order valence-electron chi connectivity index (χ3n) is 5.14. The van der Waals surface area contributed by atoms with Crippen molar-refractivity contribution in [1.29, 1.82) is 0 Å². The fraction of sp³-hybridized carbons (Fsp3) is 0.611. The summed E-state index contributed by atoms with van der Waals surface area (Å²) in [6.45, 7) is 2.93. The van der Waals surface area contributed by atoms with Gasteiger partial charge in [-0.15, -0.1) is 0 Å².